The number of rotatable bonds is 26. The van der Waals surface area contributed by atoms with E-state index in [-0.39, 0.29) is 5.60 Å². The molecule has 0 saturated carbocycles. The van der Waals surface area contributed by atoms with Gasteiger partial charge in [0.25, 0.3) is 0 Å². The Bertz CT molecular complexity index is 1210. The predicted octanol–water partition coefficient (Wildman–Crippen LogP) is -0.874. The molecule has 542 valence electrons. The summed E-state index contributed by atoms with van der Waals surface area (Å²) >= 11 is 0. The number of ether oxygens (including phenoxy) is 10. The molecule has 6 rings (SSSR count). The number of quaternary nitrogens is 10. The summed E-state index contributed by atoms with van der Waals surface area (Å²) in [4.78, 5) is 0. The van der Waals surface area contributed by atoms with Gasteiger partial charge >= 0.3 is 0 Å². The summed E-state index contributed by atoms with van der Waals surface area (Å²) in [7, 11) is 40.3. The summed E-state index contributed by atoms with van der Waals surface area (Å²) in [6, 6.07) is 1.91. The first-order valence-electron chi connectivity index (χ1n) is 34.6. The fourth-order valence-corrected chi connectivity index (χ4v) is 9.72. The lowest BCUT2D eigenvalue weighted by atomic mass is 9.82. The second kappa shape index (κ2) is 67.2. The molecule has 6 aliphatic rings. The molecule has 6 aliphatic heterocycles. The first-order chi connectivity index (χ1) is 42.7. The van der Waals surface area contributed by atoms with Crippen LogP contribution in [0.5, 0.6) is 0 Å². The quantitative estimate of drug-likeness (QED) is 0.0479. The minimum Gasteiger partial charge on any atom is -0.479 e. The minimum absolute atomic E-state index is 0.111. The molecule has 6 heterocycles. The van der Waals surface area contributed by atoms with E-state index in [1.165, 1.54) is 96.4 Å². The summed E-state index contributed by atoms with van der Waals surface area (Å²) < 4.78 is 52.5. The van der Waals surface area contributed by atoms with Gasteiger partial charge in [0.1, 0.15) is 23.9 Å². The standard InChI is InChI=1S/3C8H17NO.3C7H15NO.C7H17NO.2C6H15NO.C5H13NO/c1-8(7-9-2)3-5-10-6-4-8;1-8(6-9-2)4-3-5-10-7-8;1-8(7-9-2)5-3-4-6-10-8;1-8-6-7-2-4-9-5-3-7;1-8-5-7-3-2-4-9-6-7;1-8-6-7-4-2-3-5-9-7;1-5-9-7(3)6(2)8-4;1-5(7-3)6(2)8-4;1-4-8-5-6(2)7-3;1-5(6-2)4-7-3/h3*2-7,9H2,1H3;3*7H,1-6,8H2;6-7H,4-5,8H2,1-3H3;5-6H,3,7H2,1-2,4H3;6H,3-5,7H2,1-2H3;5H,2,4,6H2,1,3H3. The van der Waals surface area contributed by atoms with Crippen LogP contribution in [0.3, 0.4) is 0 Å². The molecule has 0 aromatic carbocycles. The Morgan fingerprint density at radius 1 is 0.461 bits per heavy atom. The van der Waals surface area contributed by atoms with Crippen molar-refractivity contribution in [1.82, 2.24) is 0 Å². The van der Waals surface area contributed by atoms with Gasteiger partial charge in [-0.3, -0.25) is 0 Å². The monoisotopic (exact) mass is 1290 g/mol. The summed E-state index contributed by atoms with van der Waals surface area (Å²) in [6.07, 6.45) is 18.5. The summed E-state index contributed by atoms with van der Waals surface area (Å²) in [5.41, 5.74) is 0.986. The molecule has 10 atom stereocenters. The lowest BCUT2D eigenvalue weighted by molar-refractivity contribution is -0.638. The third-order valence-electron chi connectivity index (χ3n) is 16.8. The lowest BCUT2D eigenvalue weighted by Crippen LogP contribution is -2.85. The highest BCUT2D eigenvalue weighted by Gasteiger charge is 2.29. The molecule has 0 spiro atoms. The Morgan fingerprint density at radius 2 is 1.01 bits per heavy atom. The second-order valence-electron chi connectivity index (χ2n) is 25.7. The highest BCUT2D eigenvalue weighted by atomic mass is 16.5. The van der Waals surface area contributed by atoms with Crippen LogP contribution < -0.4 is 53.2 Å². The Balaban J connectivity index is -0.000000452. The Morgan fingerprint density at radius 3 is 1.44 bits per heavy atom. The SMILES string of the molecule is [CH2-][NH2+]C(C)C(C)OC.[CH2-][NH2+]C(C)C(C)OCC.[CH2-][NH2+]C(C)COC.[CH2-][NH2+]C(C)COCC.[CH2-][NH2+]CC1(C)CCCCO1.[CH2-][NH2+]CC1(C)CCCOC1.[CH2-][NH2+]CC1(C)CCOCC1.[CH2-][NH2+]CC1CCCCO1.[CH2-][NH2+]CC1CCCOC1.[CH2-][NH2+]CC1CCOCC1. The average molecular weight is 1290 g/mol. The van der Waals surface area contributed by atoms with Crippen LogP contribution in [0.25, 0.3) is 0 Å². The molecule has 6 fully saturated rings. The maximum absolute atomic E-state index is 5.63. The molecule has 20 heteroatoms. The van der Waals surface area contributed by atoms with E-state index in [2.05, 4.69) is 126 Å². The van der Waals surface area contributed by atoms with Gasteiger partial charge in [0.15, 0.2) is 0 Å². The van der Waals surface area contributed by atoms with Crippen LogP contribution in [0.2, 0.25) is 0 Å². The van der Waals surface area contributed by atoms with Crippen LogP contribution >= 0.6 is 0 Å². The molecule has 0 bridgehead atoms. The van der Waals surface area contributed by atoms with Crippen LogP contribution in [0.1, 0.15) is 166 Å². The highest BCUT2D eigenvalue weighted by molar-refractivity contribution is 4.77. The van der Waals surface area contributed by atoms with Crippen molar-refractivity contribution in [2.24, 2.45) is 22.7 Å². The molecule has 0 aromatic rings. The number of hydrogen-bond acceptors (Lipinski definition) is 10. The van der Waals surface area contributed by atoms with Gasteiger partial charge in [-0.05, 0) is 152 Å². The van der Waals surface area contributed by atoms with E-state index < -0.39 is 0 Å². The van der Waals surface area contributed by atoms with Crippen molar-refractivity contribution in [2.75, 3.05) is 146 Å². The first kappa shape index (κ1) is 94.6. The van der Waals surface area contributed by atoms with E-state index in [1.807, 2.05) is 73.9 Å². The van der Waals surface area contributed by atoms with Crippen molar-refractivity contribution in [1.29, 1.82) is 0 Å². The summed E-state index contributed by atoms with van der Waals surface area (Å²) in [5, 5.41) is 19.5. The molecule has 6 saturated heterocycles. The lowest BCUT2D eigenvalue weighted by Gasteiger charge is -2.32. The topological polar surface area (TPSA) is 258 Å². The summed E-state index contributed by atoms with van der Waals surface area (Å²) in [5.74, 6) is 1.62. The van der Waals surface area contributed by atoms with Gasteiger partial charge in [-0.15, -0.1) is 0 Å². The van der Waals surface area contributed by atoms with Crippen LogP contribution in [0.4, 0.5) is 0 Å². The summed E-state index contributed by atoms with van der Waals surface area (Å²) in [6.45, 7) is 42.4. The van der Waals surface area contributed by atoms with Crippen molar-refractivity contribution in [2.45, 2.75) is 214 Å². The largest absolute Gasteiger partial charge is 0.479 e. The molecule has 10 unspecified atom stereocenters. The minimum atomic E-state index is 0.111. The van der Waals surface area contributed by atoms with Gasteiger partial charge in [-0.25, -0.2) is 0 Å². The van der Waals surface area contributed by atoms with Gasteiger partial charge < -0.3 is 101 Å². The predicted molar refractivity (Wildman–Crippen MR) is 361 cm³/mol. The van der Waals surface area contributed by atoms with Gasteiger partial charge in [-0.1, -0.05) is 13.8 Å². The van der Waals surface area contributed by atoms with Gasteiger partial charge in [0.2, 0.25) is 0 Å². The number of methoxy groups -OCH3 is 2. The normalized spacial score (nSPS) is 24.2. The smallest absolute Gasteiger partial charge is 0.112 e. The second-order valence-corrected chi connectivity index (χ2v) is 25.7. The van der Waals surface area contributed by atoms with Crippen LogP contribution in [-0.2, 0) is 47.4 Å². The zero-order valence-electron chi connectivity index (χ0n) is 60.7. The zero-order chi connectivity index (χ0) is 67.9. The fraction of sp³-hybridized carbons (Fsp3) is 0.855. The Labute approximate surface area is 551 Å². The third kappa shape index (κ3) is 60.6. The fourth-order valence-electron chi connectivity index (χ4n) is 9.72. The van der Waals surface area contributed by atoms with Gasteiger partial charge in [0.05, 0.1) is 89.9 Å². The zero-order valence-corrected chi connectivity index (χ0v) is 60.7. The molecular weight excluding hydrogens is 1130 g/mol. The van der Waals surface area contributed by atoms with E-state index in [1.54, 1.807) is 14.2 Å². The van der Waals surface area contributed by atoms with Crippen LogP contribution in [0, 0.1) is 93.1 Å². The van der Waals surface area contributed by atoms with Crippen molar-refractivity contribution in [3.05, 3.63) is 70.5 Å². The van der Waals surface area contributed by atoms with Crippen molar-refractivity contribution in [3.8, 4) is 0 Å². The van der Waals surface area contributed by atoms with E-state index in [0.717, 1.165) is 137 Å². The Kier molecular flexibility index (Phi) is 71.4. The van der Waals surface area contributed by atoms with Gasteiger partial charge in [0, 0.05) is 103 Å². The van der Waals surface area contributed by atoms with Gasteiger partial charge in [-0.2, -0.15) is 70.5 Å². The molecule has 0 radical (unpaired) electrons. The third-order valence-corrected chi connectivity index (χ3v) is 16.8. The first-order valence-corrected chi connectivity index (χ1v) is 34.6. The van der Waals surface area contributed by atoms with E-state index in [9.17, 15) is 0 Å². The van der Waals surface area contributed by atoms with E-state index >= 15 is 0 Å². The molecule has 0 aromatic heterocycles. The Hall–Kier alpha value is -0.800. The molecule has 89 heavy (non-hydrogen) atoms. The number of nitrogens with two attached hydrogens (primary N) is 10. The maximum Gasteiger partial charge on any atom is 0.112 e. The van der Waals surface area contributed by atoms with Crippen LogP contribution in [0.15, 0.2) is 0 Å². The maximum atomic E-state index is 5.63. The molecule has 0 aliphatic carbocycles. The number of hydrogen-bond donors (Lipinski definition) is 10. The van der Waals surface area contributed by atoms with E-state index in [4.69, 9.17) is 47.4 Å². The van der Waals surface area contributed by atoms with Crippen LogP contribution in [-0.4, -0.2) is 194 Å². The molecule has 20 nitrogen and oxygen atoms in total. The average Bonchev–Trinajstić information content (AvgIpc) is 3.73. The molecular formula is C69H156N10O10. The van der Waals surface area contributed by atoms with Crippen molar-refractivity contribution < 1.29 is 101 Å². The molecule has 20 N–H and O–H groups in total. The molecule has 0 amide bonds. The highest BCUT2D eigenvalue weighted by Crippen LogP contribution is 2.28. The van der Waals surface area contributed by atoms with Crippen molar-refractivity contribution in [3.63, 3.8) is 0 Å². The van der Waals surface area contributed by atoms with E-state index in [0.29, 0.717) is 53.3 Å². The van der Waals surface area contributed by atoms with Crippen molar-refractivity contribution >= 4 is 0 Å².